The highest BCUT2D eigenvalue weighted by atomic mass is 32.2. The van der Waals surface area contributed by atoms with Gasteiger partial charge in [-0.1, -0.05) is 0 Å². The van der Waals surface area contributed by atoms with Crippen LogP contribution < -0.4 is 5.14 Å². The molecule has 0 fully saturated rings. The molecule has 0 radical (unpaired) electrons. The second-order valence-corrected chi connectivity index (χ2v) is 5.26. The Hall–Kier alpha value is -1.17. The second-order valence-electron chi connectivity index (χ2n) is 3.80. The zero-order valence-electron chi connectivity index (χ0n) is 10.8. The van der Waals surface area contributed by atoms with Crippen LogP contribution in [0.1, 0.15) is 5.82 Å². The van der Waals surface area contributed by atoms with Crippen molar-refractivity contribution in [2.45, 2.75) is 24.5 Å². The average molecular weight is 314 g/mol. The zero-order chi connectivity index (χ0) is 15.2. The molecule has 0 aliphatic heterocycles. The molecular formula is C9H16F2N4O4S. The summed E-state index contributed by atoms with van der Waals surface area (Å²) in [4.78, 5) is 0. The van der Waals surface area contributed by atoms with E-state index in [4.69, 9.17) is 14.6 Å². The summed E-state index contributed by atoms with van der Waals surface area (Å²) in [5, 5.41) is 11.8. The summed E-state index contributed by atoms with van der Waals surface area (Å²) in [6.45, 7) is -0.306. The lowest BCUT2D eigenvalue weighted by Crippen LogP contribution is -2.21. The molecule has 11 heteroatoms. The molecule has 116 valence electrons. The number of nitrogens with two attached hydrogens (primary N) is 1. The molecule has 0 aromatic carbocycles. The van der Waals surface area contributed by atoms with E-state index in [1.54, 1.807) is 0 Å². The van der Waals surface area contributed by atoms with Gasteiger partial charge in [0.15, 0.2) is 0 Å². The lowest BCUT2D eigenvalue weighted by molar-refractivity contribution is 0.0180. The zero-order valence-corrected chi connectivity index (χ0v) is 11.6. The van der Waals surface area contributed by atoms with E-state index in [2.05, 4.69) is 10.2 Å². The molecule has 1 aromatic heterocycles. The molecule has 1 heterocycles. The van der Waals surface area contributed by atoms with Gasteiger partial charge in [-0.3, -0.25) is 4.57 Å². The number of hydrogen-bond acceptors (Lipinski definition) is 6. The van der Waals surface area contributed by atoms with Crippen molar-refractivity contribution in [3.63, 3.8) is 0 Å². The highest BCUT2D eigenvalue weighted by molar-refractivity contribution is 7.89. The number of aromatic nitrogens is 3. The van der Waals surface area contributed by atoms with Gasteiger partial charge in [0, 0.05) is 20.1 Å². The molecule has 0 saturated carbocycles. The predicted molar refractivity (Wildman–Crippen MR) is 63.8 cm³/mol. The maximum absolute atomic E-state index is 11.9. The van der Waals surface area contributed by atoms with E-state index in [1.807, 2.05) is 0 Å². The Morgan fingerprint density at radius 1 is 1.35 bits per heavy atom. The molecule has 1 aromatic rings. The summed E-state index contributed by atoms with van der Waals surface area (Å²) < 4.78 is 57.3. The van der Waals surface area contributed by atoms with Crippen molar-refractivity contribution in [2.75, 3.05) is 26.9 Å². The van der Waals surface area contributed by atoms with Crippen molar-refractivity contribution >= 4 is 10.0 Å². The molecule has 0 saturated heterocycles. The number of methoxy groups -OCH3 is 1. The molecule has 20 heavy (non-hydrogen) atoms. The summed E-state index contributed by atoms with van der Waals surface area (Å²) in [5.74, 6) is 0.278. The van der Waals surface area contributed by atoms with Crippen LogP contribution in [0.3, 0.4) is 0 Å². The van der Waals surface area contributed by atoms with Crippen molar-refractivity contribution in [3.05, 3.63) is 5.82 Å². The quantitative estimate of drug-likeness (QED) is 0.609. The molecule has 0 unspecified atom stereocenters. The number of hydrogen-bond donors (Lipinski definition) is 1. The van der Waals surface area contributed by atoms with E-state index in [-0.39, 0.29) is 32.0 Å². The van der Waals surface area contributed by atoms with Gasteiger partial charge in [-0.25, -0.2) is 22.3 Å². The number of ether oxygens (including phenoxy) is 2. The number of sulfonamides is 1. The standard InChI is InChI=1S/C9H16F2N4O4S/c1-18-5-3-15-8(2-4-19-6-7(10)11)13-14-9(15)20(12,16)17/h7H,2-6H2,1H3,(H2,12,16,17). The number of nitrogens with zero attached hydrogens (tertiary/aromatic N) is 3. The minimum Gasteiger partial charge on any atom is -0.383 e. The van der Waals surface area contributed by atoms with E-state index >= 15 is 0 Å². The van der Waals surface area contributed by atoms with Crippen molar-refractivity contribution in [3.8, 4) is 0 Å². The van der Waals surface area contributed by atoms with Crippen LogP contribution in [-0.4, -0.2) is 56.5 Å². The van der Waals surface area contributed by atoms with Crippen molar-refractivity contribution in [2.24, 2.45) is 5.14 Å². The molecule has 0 aliphatic rings. The van der Waals surface area contributed by atoms with Crippen LogP contribution in [0.15, 0.2) is 5.16 Å². The maximum Gasteiger partial charge on any atom is 0.273 e. The lowest BCUT2D eigenvalue weighted by Gasteiger charge is -2.08. The van der Waals surface area contributed by atoms with E-state index in [1.165, 1.54) is 11.7 Å². The third-order valence-corrected chi connectivity index (χ3v) is 3.09. The molecule has 0 aliphatic carbocycles. The fourth-order valence-electron chi connectivity index (χ4n) is 1.46. The van der Waals surface area contributed by atoms with Gasteiger partial charge >= 0.3 is 0 Å². The first-order chi connectivity index (χ1) is 9.36. The van der Waals surface area contributed by atoms with Crippen LogP contribution in [-0.2, 0) is 32.5 Å². The van der Waals surface area contributed by atoms with Crippen LogP contribution in [0.2, 0.25) is 0 Å². The van der Waals surface area contributed by atoms with Gasteiger partial charge in [-0.05, 0) is 0 Å². The van der Waals surface area contributed by atoms with Gasteiger partial charge in [0.1, 0.15) is 12.4 Å². The molecule has 1 rings (SSSR count). The highest BCUT2D eigenvalue weighted by Crippen LogP contribution is 2.08. The minimum atomic E-state index is -4.01. The molecule has 2 N–H and O–H groups in total. The van der Waals surface area contributed by atoms with Crippen molar-refractivity contribution in [1.82, 2.24) is 14.8 Å². The van der Waals surface area contributed by atoms with Crippen molar-refractivity contribution in [1.29, 1.82) is 0 Å². The molecule has 0 amide bonds. The van der Waals surface area contributed by atoms with Crippen LogP contribution in [0, 0.1) is 0 Å². The Kier molecular flexibility index (Phi) is 6.39. The normalized spacial score (nSPS) is 12.2. The average Bonchev–Trinajstić information content (AvgIpc) is 2.74. The molecule has 8 nitrogen and oxygen atoms in total. The fourth-order valence-corrected chi connectivity index (χ4v) is 2.12. The summed E-state index contributed by atoms with van der Waals surface area (Å²) in [7, 11) is -2.56. The highest BCUT2D eigenvalue weighted by Gasteiger charge is 2.20. The summed E-state index contributed by atoms with van der Waals surface area (Å²) >= 11 is 0. The number of alkyl halides is 2. The fraction of sp³-hybridized carbons (Fsp3) is 0.778. The van der Waals surface area contributed by atoms with Crippen LogP contribution in [0.5, 0.6) is 0 Å². The largest absolute Gasteiger partial charge is 0.383 e. The molecular weight excluding hydrogens is 298 g/mol. The first-order valence-electron chi connectivity index (χ1n) is 5.66. The van der Waals surface area contributed by atoms with E-state index in [0.717, 1.165) is 0 Å². The molecule has 0 spiro atoms. The van der Waals surface area contributed by atoms with Gasteiger partial charge < -0.3 is 9.47 Å². The van der Waals surface area contributed by atoms with Gasteiger partial charge in [0.05, 0.1) is 13.2 Å². The monoisotopic (exact) mass is 314 g/mol. The first-order valence-corrected chi connectivity index (χ1v) is 7.20. The minimum absolute atomic E-state index is 0.0277. The smallest absolute Gasteiger partial charge is 0.273 e. The molecule has 0 bridgehead atoms. The van der Waals surface area contributed by atoms with E-state index in [9.17, 15) is 17.2 Å². The Morgan fingerprint density at radius 3 is 2.60 bits per heavy atom. The van der Waals surface area contributed by atoms with Gasteiger partial charge in [0.2, 0.25) is 0 Å². The summed E-state index contributed by atoms with van der Waals surface area (Å²) in [6.07, 6.45) is -2.42. The topological polar surface area (TPSA) is 109 Å². The third-order valence-electron chi connectivity index (χ3n) is 2.28. The van der Waals surface area contributed by atoms with Gasteiger partial charge in [0.25, 0.3) is 21.6 Å². The number of halogens is 2. The maximum atomic E-state index is 11.9. The van der Waals surface area contributed by atoms with Gasteiger partial charge in [-0.2, -0.15) is 0 Å². The summed E-state index contributed by atoms with van der Waals surface area (Å²) in [5.41, 5.74) is 0. The lowest BCUT2D eigenvalue weighted by atomic mass is 10.4. The SMILES string of the molecule is COCCn1c(CCOCC(F)F)nnc1S(N)(=O)=O. The van der Waals surface area contributed by atoms with E-state index < -0.39 is 28.2 Å². The second kappa shape index (κ2) is 7.57. The Labute approximate surface area is 114 Å². The Morgan fingerprint density at radius 2 is 2.05 bits per heavy atom. The number of rotatable bonds is 9. The van der Waals surface area contributed by atoms with Crippen LogP contribution in [0.4, 0.5) is 8.78 Å². The van der Waals surface area contributed by atoms with Crippen LogP contribution in [0.25, 0.3) is 0 Å². The first kappa shape index (κ1) is 16.9. The Bertz CT molecular complexity index is 520. The Balaban J connectivity index is 2.77. The van der Waals surface area contributed by atoms with Gasteiger partial charge in [-0.15, -0.1) is 10.2 Å². The van der Waals surface area contributed by atoms with Crippen LogP contribution >= 0.6 is 0 Å². The molecule has 0 atom stereocenters. The summed E-state index contributed by atoms with van der Waals surface area (Å²) in [6, 6.07) is 0. The number of primary sulfonamides is 1. The third kappa shape index (κ3) is 5.07. The predicted octanol–water partition coefficient (Wildman–Crippen LogP) is -0.604. The van der Waals surface area contributed by atoms with E-state index in [0.29, 0.717) is 0 Å². The van der Waals surface area contributed by atoms with Crippen molar-refractivity contribution < 1.29 is 26.7 Å².